The molecule has 0 aliphatic carbocycles. The van der Waals surface area contributed by atoms with Crippen LogP contribution < -0.4 is 10.6 Å². The molecule has 2 rings (SSSR count). The van der Waals surface area contributed by atoms with Crippen LogP contribution in [0.2, 0.25) is 5.02 Å². The maximum absolute atomic E-state index is 11.6. The third-order valence-electron chi connectivity index (χ3n) is 3.01. The number of anilines is 1. The monoisotopic (exact) mass is 353 g/mol. The number of aromatic nitrogens is 1. The van der Waals surface area contributed by atoms with Gasteiger partial charge in [-0.2, -0.15) is 0 Å². The van der Waals surface area contributed by atoms with Crippen molar-refractivity contribution in [1.29, 1.82) is 0 Å². The quantitative estimate of drug-likeness (QED) is 0.743. The van der Waals surface area contributed by atoms with Gasteiger partial charge in [0.25, 0.3) is 0 Å². The molecule has 0 bridgehead atoms. The molecule has 1 aromatic heterocycles. The molecule has 0 fully saturated rings. The normalized spacial score (nSPS) is 10.3. The summed E-state index contributed by atoms with van der Waals surface area (Å²) in [5, 5.41) is 14.7. The molecule has 0 spiro atoms. The number of hydrogen-bond donors (Lipinski definition) is 3. The van der Waals surface area contributed by atoms with Crippen LogP contribution in [0.5, 0.6) is 0 Å². The molecule has 0 radical (unpaired) electrons. The highest BCUT2D eigenvalue weighted by atomic mass is 35.5. The van der Waals surface area contributed by atoms with Gasteiger partial charge >= 0.3 is 12.0 Å². The molecule has 1 heterocycles. The Hall–Kier alpha value is -2.12. The van der Waals surface area contributed by atoms with Gasteiger partial charge in [-0.1, -0.05) is 23.7 Å². The largest absolute Gasteiger partial charge is 0.481 e. The number of halogens is 1. The first-order valence-electron chi connectivity index (χ1n) is 6.90. The minimum atomic E-state index is -0.960. The van der Waals surface area contributed by atoms with Crippen molar-refractivity contribution in [3.63, 3.8) is 0 Å². The maximum atomic E-state index is 11.6. The molecule has 8 heteroatoms. The van der Waals surface area contributed by atoms with Crippen LogP contribution >= 0.6 is 22.9 Å². The van der Waals surface area contributed by atoms with E-state index in [2.05, 4.69) is 15.6 Å². The maximum Gasteiger partial charge on any atom is 0.321 e. The van der Waals surface area contributed by atoms with E-state index in [0.717, 1.165) is 21.0 Å². The lowest BCUT2D eigenvalue weighted by molar-refractivity contribution is -0.136. The highest BCUT2D eigenvalue weighted by Crippen LogP contribution is 2.23. The Kier molecular flexibility index (Phi) is 5.95. The van der Waals surface area contributed by atoms with Crippen molar-refractivity contribution in [2.24, 2.45) is 0 Å². The standard InChI is InChI=1S/C15H16ClN3O3S/c1-9-2-3-10(7-12(9)16)6-11-8-18-15(23-11)19-14(22)17-5-4-13(20)21/h2-3,7-8H,4-6H2,1H3,(H,20,21)(H2,17,18,19,22). The van der Waals surface area contributed by atoms with Crippen LogP contribution in [-0.2, 0) is 11.2 Å². The first kappa shape index (κ1) is 17.2. The van der Waals surface area contributed by atoms with E-state index in [4.69, 9.17) is 16.7 Å². The number of urea groups is 1. The van der Waals surface area contributed by atoms with Crippen molar-refractivity contribution in [1.82, 2.24) is 10.3 Å². The number of benzene rings is 1. The van der Waals surface area contributed by atoms with E-state index in [1.807, 2.05) is 25.1 Å². The first-order chi connectivity index (χ1) is 10.9. The van der Waals surface area contributed by atoms with Gasteiger partial charge in [-0.05, 0) is 24.1 Å². The zero-order chi connectivity index (χ0) is 16.8. The first-order valence-corrected chi connectivity index (χ1v) is 8.10. The zero-order valence-corrected chi connectivity index (χ0v) is 14.0. The van der Waals surface area contributed by atoms with Crippen molar-refractivity contribution in [2.75, 3.05) is 11.9 Å². The molecule has 2 amide bonds. The Morgan fingerprint density at radius 1 is 1.39 bits per heavy atom. The fourth-order valence-electron chi connectivity index (χ4n) is 1.82. The molecule has 0 aliphatic heterocycles. The number of carbonyl (C=O) groups is 2. The van der Waals surface area contributed by atoms with Gasteiger partial charge in [-0.15, -0.1) is 11.3 Å². The van der Waals surface area contributed by atoms with Gasteiger partial charge < -0.3 is 10.4 Å². The topological polar surface area (TPSA) is 91.3 Å². The average molecular weight is 354 g/mol. The van der Waals surface area contributed by atoms with Crippen molar-refractivity contribution in [3.05, 3.63) is 45.4 Å². The number of carboxylic acid groups (broad SMARTS) is 1. The SMILES string of the molecule is Cc1ccc(Cc2cnc(NC(=O)NCCC(=O)O)s2)cc1Cl. The molecule has 3 N–H and O–H groups in total. The van der Waals surface area contributed by atoms with Crippen LogP contribution in [0.1, 0.15) is 22.4 Å². The molecular weight excluding hydrogens is 338 g/mol. The predicted octanol–water partition coefficient (Wildman–Crippen LogP) is 3.29. The van der Waals surface area contributed by atoms with Crippen LogP contribution in [0.15, 0.2) is 24.4 Å². The fourth-order valence-corrected chi connectivity index (χ4v) is 2.86. The van der Waals surface area contributed by atoms with Crippen molar-refractivity contribution in [2.45, 2.75) is 19.8 Å². The van der Waals surface area contributed by atoms with Crippen molar-refractivity contribution < 1.29 is 14.7 Å². The molecule has 6 nitrogen and oxygen atoms in total. The molecule has 122 valence electrons. The van der Waals surface area contributed by atoms with Gasteiger partial charge in [0.05, 0.1) is 6.42 Å². The van der Waals surface area contributed by atoms with Crippen LogP contribution in [0.25, 0.3) is 0 Å². The molecular formula is C15H16ClN3O3S. The Labute approximate surface area is 142 Å². The number of nitrogens with one attached hydrogen (secondary N) is 2. The van der Waals surface area contributed by atoms with Crippen LogP contribution in [0.4, 0.5) is 9.93 Å². The Balaban J connectivity index is 1.88. The van der Waals surface area contributed by atoms with E-state index < -0.39 is 12.0 Å². The molecule has 23 heavy (non-hydrogen) atoms. The van der Waals surface area contributed by atoms with E-state index in [-0.39, 0.29) is 13.0 Å². The highest BCUT2D eigenvalue weighted by molar-refractivity contribution is 7.15. The third-order valence-corrected chi connectivity index (χ3v) is 4.33. The molecule has 0 saturated heterocycles. The summed E-state index contributed by atoms with van der Waals surface area (Å²) in [6.07, 6.45) is 2.26. The fraction of sp³-hybridized carbons (Fsp3) is 0.267. The molecule has 1 aromatic carbocycles. The Morgan fingerprint density at radius 3 is 2.87 bits per heavy atom. The Bertz CT molecular complexity index is 718. The van der Waals surface area contributed by atoms with Crippen LogP contribution in [-0.4, -0.2) is 28.6 Å². The average Bonchev–Trinajstić information content (AvgIpc) is 2.89. The summed E-state index contributed by atoms with van der Waals surface area (Å²) in [5.74, 6) is -0.960. The number of aliphatic carboxylic acids is 1. The predicted molar refractivity (Wildman–Crippen MR) is 90.4 cm³/mol. The number of carbonyl (C=O) groups excluding carboxylic acids is 1. The third kappa shape index (κ3) is 5.54. The van der Waals surface area contributed by atoms with E-state index in [1.165, 1.54) is 11.3 Å². The van der Waals surface area contributed by atoms with Crippen molar-refractivity contribution >= 4 is 40.1 Å². The number of amides is 2. The number of thiazole rings is 1. The van der Waals surface area contributed by atoms with Crippen molar-refractivity contribution in [3.8, 4) is 0 Å². The molecule has 0 unspecified atom stereocenters. The second-order valence-corrected chi connectivity index (χ2v) is 6.44. The van der Waals surface area contributed by atoms with Gasteiger partial charge in [0.15, 0.2) is 5.13 Å². The summed E-state index contributed by atoms with van der Waals surface area (Å²) in [5.41, 5.74) is 2.10. The minimum absolute atomic E-state index is 0.0707. The summed E-state index contributed by atoms with van der Waals surface area (Å²) in [7, 11) is 0. The van der Waals surface area contributed by atoms with E-state index >= 15 is 0 Å². The van der Waals surface area contributed by atoms with Gasteiger partial charge in [-0.25, -0.2) is 9.78 Å². The van der Waals surface area contributed by atoms with E-state index in [1.54, 1.807) is 6.20 Å². The summed E-state index contributed by atoms with van der Waals surface area (Å²) < 4.78 is 0. The summed E-state index contributed by atoms with van der Waals surface area (Å²) >= 11 is 7.47. The number of carboxylic acids is 1. The lowest BCUT2D eigenvalue weighted by Crippen LogP contribution is -2.30. The van der Waals surface area contributed by atoms with Gasteiger partial charge in [0, 0.05) is 29.1 Å². The molecule has 0 aliphatic rings. The van der Waals surface area contributed by atoms with Gasteiger partial charge in [0.2, 0.25) is 0 Å². The number of hydrogen-bond acceptors (Lipinski definition) is 4. The summed E-state index contributed by atoms with van der Waals surface area (Å²) in [4.78, 5) is 27.1. The Morgan fingerprint density at radius 2 is 2.17 bits per heavy atom. The molecule has 0 saturated carbocycles. The van der Waals surface area contributed by atoms with Crippen LogP contribution in [0, 0.1) is 6.92 Å². The van der Waals surface area contributed by atoms with Gasteiger partial charge in [-0.3, -0.25) is 10.1 Å². The number of rotatable bonds is 6. The molecule has 2 aromatic rings. The lowest BCUT2D eigenvalue weighted by Gasteiger charge is -2.03. The van der Waals surface area contributed by atoms with E-state index in [0.29, 0.717) is 11.6 Å². The van der Waals surface area contributed by atoms with E-state index in [9.17, 15) is 9.59 Å². The second kappa shape index (κ2) is 7.94. The van der Waals surface area contributed by atoms with Crippen LogP contribution in [0.3, 0.4) is 0 Å². The summed E-state index contributed by atoms with van der Waals surface area (Å²) in [6, 6.07) is 5.42. The zero-order valence-electron chi connectivity index (χ0n) is 12.4. The van der Waals surface area contributed by atoms with Gasteiger partial charge in [0.1, 0.15) is 0 Å². The minimum Gasteiger partial charge on any atom is -0.481 e. The molecule has 0 atom stereocenters. The number of aryl methyl sites for hydroxylation is 1. The number of nitrogens with zero attached hydrogens (tertiary/aromatic N) is 1. The highest BCUT2D eigenvalue weighted by Gasteiger charge is 2.08. The smallest absolute Gasteiger partial charge is 0.321 e. The second-order valence-electron chi connectivity index (χ2n) is 4.92. The summed E-state index contributed by atoms with van der Waals surface area (Å²) in [6.45, 7) is 2.02. The lowest BCUT2D eigenvalue weighted by atomic mass is 10.1.